The molecule has 86 valence electrons. The molecule has 0 unspecified atom stereocenters. The molecule has 0 aromatic heterocycles. The van der Waals surface area contributed by atoms with Crippen LogP contribution in [0, 0.1) is 0 Å². The molecule has 2 aliphatic rings. The molecule has 0 bridgehead atoms. The summed E-state index contributed by atoms with van der Waals surface area (Å²) in [6.07, 6.45) is 2.78. The van der Waals surface area contributed by atoms with Crippen molar-refractivity contribution < 1.29 is 5.11 Å². The van der Waals surface area contributed by atoms with E-state index in [1.807, 2.05) is 0 Å². The number of aliphatic hydroxyl groups is 1. The molecule has 16 heavy (non-hydrogen) atoms. The van der Waals surface area contributed by atoms with Crippen LogP contribution in [-0.4, -0.2) is 35.7 Å². The maximum Gasteiger partial charge on any atom is 0.0690 e. The molecule has 1 saturated carbocycles. The second-order valence-electron chi connectivity index (χ2n) is 5.56. The van der Waals surface area contributed by atoms with Gasteiger partial charge in [-0.05, 0) is 31.0 Å². The topological polar surface area (TPSA) is 23.5 Å². The van der Waals surface area contributed by atoms with Crippen molar-refractivity contribution in [2.45, 2.75) is 30.8 Å². The number of likely N-dealkylation sites (N-methyl/N-ethyl adjacent to an activating group) is 1. The van der Waals surface area contributed by atoms with Gasteiger partial charge in [-0.1, -0.05) is 24.3 Å². The van der Waals surface area contributed by atoms with E-state index in [1.54, 1.807) is 0 Å². The molecule has 1 aliphatic heterocycles. The Morgan fingerprint density at radius 1 is 1.25 bits per heavy atom. The Labute approximate surface area is 96.9 Å². The van der Waals surface area contributed by atoms with Crippen LogP contribution in [0.2, 0.25) is 0 Å². The minimum atomic E-state index is -0.363. The molecule has 1 heterocycles. The highest BCUT2D eigenvalue weighted by molar-refractivity contribution is 5.29. The summed E-state index contributed by atoms with van der Waals surface area (Å²) in [6.45, 7) is 2.37. The molecule has 2 fully saturated rings. The molecular formula is C14H19NO. The molecule has 0 radical (unpaired) electrons. The maximum absolute atomic E-state index is 9.85. The number of nitrogens with zero attached hydrogens (tertiary/aromatic N) is 1. The van der Waals surface area contributed by atoms with Gasteiger partial charge in [0.25, 0.3) is 0 Å². The Morgan fingerprint density at radius 2 is 1.88 bits per heavy atom. The molecule has 0 spiro atoms. The quantitative estimate of drug-likeness (QED) is 0.834. The second kappa shape index (κ2) is 3.57. The molecule has 0 amide bonds. The Kier molecular flexibility index (Phi) is 2.30. The zero-order chi connectivity index (χ0) is 11.2. The zero-order valence-corrected chi connectivity index (χ0v) is 9.82. The van der Waals surface area contributed by atoms with E-state index in [4.69, 9.17) is 0 Å². The van der Waals surface area contributed by atoms with E-state index in [2.05, 4.69) is 36.2 Å². The van der Waals surface area contributed by atoms with Gasteiger partial charge in [0.05, 0.1) is 5.60 Å². The molecule has 0 atom stereocenters. The predicted molar refractivity (Wildman–Crippen MR) is 64.6 cm³/mol. The van der Waals surface area contributed by atoms with Crippen LogP contribution in [0.5, 0.6) is 0 Å². The Morgan fingerprint density at radius 3 is 2.38 bits per heavy atom. The monoisotopic (exact) mass is 217 g/mol. The Bertz CT molecular complexity index is 374. The average molecular weight is 217 g/mol. The van der Waals surface area contributed by atoms with Crippen LogP contribution in [0.4, 0.5) is 0 Å². The van der Waals surface area contributed by atoms with Crippen LogP contribution in [0.1, 0.15) is 29.9 Å². The first-order valence-electron chi connectivity index (χ1n) is 6.14. The summed E-state index contributed by atoms with van der Waals surface area (Å²) in [4.78, 5) is 2.34. The lowest BCUT2D eigenvalue weighted by Crippen LogP contribution is -2.41. The van der Waals surface area contributed by atoms with Crippen LogP contribution in [-0.2, 0) is 6.42 Å². The van der Waals surface area contributed by atoms with Gasteiger partial charge in [-0.15, -0.1) is 0 Å². The molecule has 3 rings (SSSR count). The summed E-state index contributed by atoms with van der Waals surface area (Å²) < 4.78 is 0. The van der Waals surface area contributed by atoms with Crippen LogP contribution in [0.3, 0.4) is 0 Å². The number of likely N-dealkylation sites (tertiary alicyclic amines) is 1. The average Bonchev–Trinajstić information content (AvgIpc) is 2.93. The third kappa shape index (κ3) is 2.00. The van der Waals surface area contributed by atoms with E-state index in [0.717, 1.165) is 25.2 Å². The molecule has 2 nitrogen and oxygen atoms in total. The van der Waals surface area contributed by atoms with E-state index in [-0.39, 0.29) is 5.60 Å². The molecule has 1 aromatic rings. The third-order valence-corrected chi connectivity index (χ3v) is 3.88. The van der Waals surface area contributed by atoms with Crippen molar-refractivity contribution in [2.75, 3.05) is 20.1 Å². The van der Waals surface area contributed by atoms with Gasteiger partial charge in [0, 0.05) is 25.4 Å². The van der Waals surface area contributed by atoms with Crippen molar-refractivity contribution in [3.05, 3.63) is 35.4 Å². The minimum Gasteiger partial charge on any atom is -0.390 e. The molecule has 1 aromatic carbocycles. The third-order valence-electron chi connectivity index (χ3n) is 3.88. The Balaban J connectivity index is 1.65. The van der Waals surface area contributed by atoms with Gasteiger partial charge in [-0.2, -0.15) is 0 Å². The van der Waals surface area contributed by atoms with Crippen LogP contribution >= 0.6 is 0 Å². The van der Waals surface area contributed by atoms with Crippen molar-refractivity contribution in [1.29, 1.82) is 0 Å². The molecular weight excluding hydrogens is 198 g/mol. The first-order chi connectivity index (χ1) is 7.65. The van der Waals surface area contributed by atoms with Crippen LogP contribution < -0.4 is 0 Å². The van der Waals surface area contributed by atoms with E-state index in [0.29, 0.717) is 0 Å². The maximum atomic E-state index is 9.85. The summed E-state index contributed by atoms with van der Waals surface area (Å²) in [5, 5.41) is 9.85. The van der Waals surface area contributed by atoms with Gasteiger partial charge < -0.3 is 10.0 Å². The second-order valence-corrected chi connectivity index (χ2v) is 5.56. The standard InChI is InChI=1S/C14H19NO/c1-15-9-13(10-15)12-4-2-11(3-5-12)8-14(16)6-7-14/h2-5,13,16H,6-10H2,1H3. The lowest BCUT2D eigenvalue weighted by atomic mass is 9.91. The molecule has 1 aliphatic carbocycles. The fourth-order valence-corrected chi connectivity index (χ4v) is 2.52. The van der Waals surface area contributed by atoms with Gasteiger partial charge in [-0.25, -0.2) is 0 Å². The van der Waals surface area contributed by atoms with Crippen LogP contribution in [0.15, 0.2) is 24.3 Å². The van der Waals surface area contributed by atoms with E-state index < -0.39 is 0 Å². The number of hydrogen-bond acceptors (Lipinski definition) is 2. The van der Waals surface area contributed by atoms with Crippen molar-refractivity contribution in [1.82, 2.24) is 4.90 Å². The predicted octanol–water partition coefficient (Wildman–Crippen LogP) is 1.78. The van der Waals surface area contributed by atoms with E-state index >= 15 is 0 Å². The van der Waals surface area contributed by atoms with Gasteiger partial charge in [0.2, 0.25) is 0 Å². The van der Waals surface area contributed by atoms with Gasteiger partial charge in [0.15, 0.2) is 0 Å². The smallest absolute Gasteiger partial charge is 0.0690 e. The summed E-state index contributed by atoms with van der Waals surface area (Å²) in [7, 11) is 2.16. The number of benzene rings is 1. The van der Waals surface area contributed by atoms with Gasteiger partial charge in [0.1, 0.15) is 0 Å². The summed E-state index contributed by atoms with van der Waals surface area (Å²) in [5.41, 5.74) is 2.36. The first-order valence-corrected chi connectivity index (χ1v) is 6.14. The van der Waals surface area contributed by atoms with Crippen molar-refractivity contribution in [3.63, 3.8) is 0 Å². The molecule has 1 saturated heterocycles. The highest BCUT2D eigenvalue weighted by Gasteiger charge is 2.40. The fraction of sp³-hybridized carbons (Fsp3) is 0.571. The first kappa shape index (κ1) is 10.3. The Hall–Kier alpha value is -0.860. The molecule has 2 heteroatoms. The fourth-order valence-electron chi connectivity index (χ4n) is 2.52. The van der Waals surface area contributed by atoms with E-state index in [9.17, 15) is 5.11 Å². The lowest BCUT2D eigenvalue weighted by molar-refractivity contribution is 0.151. The van der Waals surface area contributed by atoms with Crippen molar-refractivity contribution in [3.8, 4) is 0 Å². The van der Waals surface area contributed by atoms with Gasteiger partial charge in [-0.3, -0.25) is 0 Å². The van der Waals surface area contributed by atoms with Crippen LogP contribution in [0.25, 0.3) is 0 Å². The van der Waals surface area contributed by atoms with Gasteiger partial charge >= 0.3 is 0 Å². The normalized spacial score (nSPS) is 24.1. The molecule has 1 N–H and O–H groups in total. The van der Waals surface area contributed by atoms with Crippen molar-refractivity contribution in [2.24, 2.45) is 0 Å². The largest absolute Gasteiger partial charge is 0.390 e. The SMILES string of the molecule is CN1CC(c2ccc(CC3(O)CC3)cc2)C1. The highest BCUT2D eigenvalue weighted by atomic mass is 16.3. The summed E-state index contributed by atoms with van der Waals surface area (Å²) >= 11 is 0. The lowest BCUT2D eigenvalue weighted by Gasteiger charge is -2.36. The number of hydrogen-bond donors (Lipinski definition) is 1. The van der Waals surface area contributed by atoms with E-state index in [1.165, 1.54) is 24.2 Å². The zero-order valence-electron chi connectivity index (χ0n) is 9.82. The summed E-state index contributed by atoms with van der Waals surface area (Å²) in [5.74, 6) is 0.725. The highest BCUT2D eigenvalue weighted by Crippen LogP contribution is 2.38. The van der Waals surface area contributed by atoms with Crippen molar-refractivity contribution >= 4 is 0 Å². The summed E-state index contributed by atoms with van der Waals surface area (Å²) in [6, 6.07) is 8.84. The number of rotatable bonds is 3. The minimum absolute atomic E-state index is 0.363.